The van der Waals surface area contributed by atoms with Crippen molar-refractivity contribution in [2.75, 3.05) is 13.4 Å². The fraction of sp³-hybridized carbons (Fsp3) is 0.238. The number of nitrogens with zero attached hydrogens (tertiary/aromatic N) is 1. The molecule has 1 aliphatic heterocycles. The van der Waals surface area contributed by atoms with Crippen molar-refractivity contribution in [1.29, 1.82) is 0 Å². The number of carbonyl (C=O) groups excluding carboxylic acids is 1. The monoisotopic (exact) mass is 435 g/mol. The van der Waals surface area contributed by atoms with Gasteiger partial charge in [0.1, 0.15) is 5.25 Å². The third-order valence-corrected chi connectivity index (χ3v) is 5.58. The fourth-order valence-corrected chi connectivity index (χ4v) is 4.14. The van der Waals surface area contributed by atoms with Crippen molar-refractivity contribution in [2.24, 2.45) is 0 Å². The number of carbonyl (C=O) groups is 1. The van der Waals surface area contributed by atoms with Crippen molar-refractivity contribution in [1.82, 2.24) is 4.98 Å². The van der Waals surface area contributed by atoms with Crippen molar-refractivity contribution < 1.29 is 32.2 Å². The van der Waals surface area contributed by atoms with Crippen LogP contribution in [-0.4, -0.2) is 24.4 Å². The number of benzene rings is 2. The van der Waals surface area contributed by atoms with Crippen LogP contribution in [0.15, 0.2) is 53.6 Å². The lowest BCUT2D eigenvalue weighted by Gasteiger charge is -2.17. The van der Waals surface area contributed by atoms with Gasteiger partial charge in [-0.2, -0.15) is 13.2 Å². The number of alkyl halides is 3. The Balaban J connectivity index is 1.81. The molecule has 3 aromatic rings. The summed E-state index contributed by atoms with van der Waals surface area (Å²) in [5.74, 6) is 0.0222. The van der Waals surface area contributed by atoms with Gasteiger partial charge in [-0.05, 0) is 24.6 Å². The second-order valence-corrected chi connectivity index (χ2v) is 7.51. The third kappa shape index (κ3) is 4.02. The maximum absolute atomic E-state index is 13.8. The number of halogens is 3. The number of pyridine rings is 1. The first-order chi connectivity index (χ1) is 14.4. The van der Waals surface area contributed by atoms with Crippen molar-refractivity contribution >= 4 is 28.6 Å². The zero-order valence-electron chi connectivity index (χ0n) is 15.7. The molecule has 9 heteroatoms. The maximum Gasteiger partial charge on any atom is 0.417 e. The predicted molar refractivity (Wildman–Crippen MR) is 105 cm³/mol. The Morgan fingerprint density at radius 2 is 1.87 bits per heavy atom. The van der Waals surface area contributed by atoms with E-state index in [1.54, 1.807) is 37.3 Å². The highest BCUT2D eigenvalue weighted by molar-refractivity contribution is 8.00. The molecule has 4 rings (SSSR count). The highest BCUT2D eigenvalue weighted by Gasteiger charge is 2.35. The van der Waals surface area contributed by atoms with Crippen LogP contribution in [0, 0.1) is 0 Å². The lowest BCUT2D eigenvalue weighted by atomic mass is 10.1. The first kappa shape index (κ1) is 20.3. The highest BCUT2D eigenvalue weighted by Crippen LogP contribution is 2.44. The van der Waals surface area contributed by atoms with Crippen molar-refractivity contribution in [3.05, 3.63) is 59.7 Å². The van der Waals surface area contributed by atoms with E-state index in [-0.39, 0.29) is 35.1 Å². The van der Waals surface area contributed by atoms with Gasteiger partial charge in [-0.15, -0.1) is 0 Å². The van der Waals surface area contributed by atoms with Gasteiger partial charge in [0.15, 0.2) is 11.5 Å². The topological polar surface area (TPSA) is 57.7 Å². The molecule has 0 spiro atoms. The Morgan fingerprint density at radius 1 is 1.17 bits per heavy atom. The lowest BCUT2D eigenvalue weighted by molar-refractivity contribution is -0.142. The van der Waals surface area contributed by atoms with Gasteiger partial charge in [0.2, 0.25) is 6.79 Å². The van der Waals surface area contributed by atoms with E-state index < -0.39 is 23.0 Å². The van der Waals surface area contributed by atoms with Crippen LogP contribution < -0.4 is 9.47 Å². The smallest absolute Gasteiger partial charge is 0.417 e. The summed E-state index contributed by atoms with van der Waals surface area (Å²) in [5.41, 5.74) is -0.140. The Bertz CT molecular complexity index is 1090. The Morgan fingerprint density at radius 3 is 2.53 bits per heavy atom. The van der Waals surface area contributed by atoms with E-state index in [1.807, 2.05) is 0 Å². The third-order valence-electron chi connectivity index (χ3n) is 4.43. The maximum atomic E-state index is 13.8. The van der Waals surface area contributed by atoms with E-state index in [2.05, 4.69) is 4.98 Å². The molecule has 30 heavy (non-hydrogen) atoms. The molecule has 0 saturated heterocycles. The van der Waals surface area contributed by atoms with Crippen LogP contribution in [0.25, 0.3) is 10.9 Å². The van der Waals surface area contributed by atoms with Crippen LogP contribution in [0.3, 0.4) is 0 Å². The molecule has 2 heterocycles. The van der Waals surface area contributed by atoms with Gasteiger partial charge < -0.3 is 14.2 Å². The Hall–Kier alpha value is -2.94. The molecule has 1 aliphatic rings. The number of rotatable bonds is 5. The van der Waals surface area contributed by atoms with Gasteiger partial charge in [-0.1, -0.05) is 42.1 Å². The summed E-state index contributed by atoms with van der Waals surface area (Å²) >= 11 is 0.911. The molecule has 1 unspecified atom stereocenters. The predicted octanol–water partition coefficient (Wildman–Crippen LogP) is 5.38. The van der Waals surface area contributed by atoms with Gasteiger partial charge >= 0.3 is 12.1 Å². The molecule has 156 valence electrons. The fourth-order valence-electron chi connectivity index (χ4n) is 3.11. The van der Waals surface area contributed by atoms with E-state index in [4.69, 9.17) is 14.2 Å². The summed E-state index contributed by atoms with van der Waals surface area (Å²) in [6.45, 7) is 1.77. The highest BCUT2D eigenvalue weighted by atomic mass is 32.2. The zero-order valence-corrected chi connectivity index (χ0v) is 16.5. The summed E-state index contributed by atoms with van der Waals surface area (Å²) in [6.07, 6.45) is -4.61. The average Bonchev–Trinajstić information content (AvgIpc) is 3.17. The molecule has 2 aromatic carbocycles. The molecule has 1 atom stereocenters. The number of hydrogen-bond donors (Lipinski definition) is 0. The SMILES string of the molecule is CCOC(=O)C(Sc1cc(C(F)(F)F)c2cc3c(cc2n1)OCO3)c1ccccc1. The van der Waals surface area contributed by atoms with E-state index in [0.717, 1.165) is 17.8 Å². The number of thioether (sulfide) groups is 1. The second kappa shape index (κ2) is 8.06. The van der Waals surface area contributed by atoms with Crippen molar-refractivity contribution in [2.45, 2.75) is 23.4 Å². The van der Waals surface area contributed by atoms with Crippen molar-refractivity contribution in [3.63, 3.8) is 0 Å². The average molecular weight is 435 g/mol. The first-order valence-corrected chi connectivity index (χ1v) is 9.94. The molecule has 0 amide bonds. The van der Waals surface area contributed by atoms with Crippen LogP contribution >= 0.6 is 11.8 Å². The second-order valence-electron chi connectivity index (χ2n) is 6.39. The van der Waals surface area contributed by atoms with E-state index >= 15 is 0 Å². The summed E-state index contributed by atoms with van der Waals surface area (Å²) < 4.78 is 57.0. The number of hydrogen-bond acceptors (Lipinski definition) is 6. The summed E-state index contributed by atoms with van der Waals surface area (Å²) in [6, 6.07) is 12.4. The van der Waals surface area contributed by atoms with Crippen LogP contribution in [0.2, 0.25) is 0 Å². The van der Waals surface area contributed by atoms with E-state index in [9.17, 15) is 18.0 Å². The van der Waals surface area contributed by atoms with Gasteiger partial charge in [-0.3, -0.25) is 4.79 Å². The minimum atomic E-state index is -4.61. The van der Waals surface area contributed by atoms with Gasteiger partial charge in [0.25, 0.3) is 0 Å². The van der Waals surface area contributed by atoms with Gasteiger partial charge in [0, 0.05) is 11.5 Å². The quantitative estimate of drug-likeness (QED) is 0.396. The zero-order chi connectivity index (χ0) is 21.3. The number of aromatic nitrogens is 1. The van der Waals surface area contributed by atoms with Crippen LogP contribution in [-0.2, 0) is 15.7 Å². The minimum absolute atomic E-state index is 0.0515. The van der Waals surface area contributed by atoms with Gasteiger partial charge in [-0.25, -0.2) is 4.98 Å². The van der Waals surface area contributed by atoms with Crippen molar-refractivity contribution in [3.8, 4) is 11.5 Å². The standard InChI is InChI=1S/C21H16F3NO4S/c1-2-27-20(26)19(12-6-4-3-5-7-12)30-18-9-14(21(22,23)24)13-8-16-17(29-11-28-16)10-15(13)25-18/h3-10,19H,2,11H2,1H3. The normalized spacial score (nSPS) is 14.0. The van der Waals surface area contributed by atoms with E-state index in [1.165, 1.54) is 12.1 Å². The largest absolute Gasteiger partial charge is 0.465 e. The summed E-state index contributed by atoms with van der Waals surface area (Å²) in [5, 5.41) is -0.898. The number of esters is 1. The minimum Gasteiger partial charge on any atom is -0.465 e. The molecule has 0 aliphatic carbocycles. The van der Waals surface area contributed by atoms with Crippen LogP contribution in [0.1, 0.15) is 23.3 Å². The molecular formula is C21H16F3NO4S. The van der Waals surface area contributed by atoms with Gasteiger partial charge in [0.05, 0.1) is 22.7 Å². The molecule has 0 saturated carbocycles. The molecular weight excluding hydrogens is 419 g/mol. The summed E-state index contributed by atoms with van der Waals surface area (Å²) in [7, 11) is 0. The van der Waals surface area contributed by atoms with Crippen LogP contribution in [0.4, 0.5) is 13.2 Å². The molecule has 5 nitrogen and oxygen atoms in total. The first-order valence-electron chi connectivity index (χ1n) is 9.06. The molecule has 0 radical (unpaired) electrons. The molecule has 1 aromatic heterocycles. The number of ether oxygens (including phenoxy) is 3. The summed E-state index contributed by atoms with van der Waals surface area (Å²) in [4.78, 5) is 16.9. The molecule has 0 fully saturated rings. The Labute approximate surface area is 174 Å². The van der Waals surface area contributed by atoms with Crippen LogP contribution in [0.5, 0.6) is 11.5 Å². The number of fused-ring (bicyclic) bond motifs is 2. The molecule has 0 N–H and O–H groups in total. The lowest BCUT2D eigenvalue weighted by Crippen LogP contribution is -2.14. The molecule has 0 bridgehead atoms. The van der Waals surface area contributed by atoms with E-state index in [0.29, 0.717) is 11.3 Å². The Kier molecular flexibility index (Phi) is 5.46.